The van der Waals surface area contributed by atoms with Gasteiger partial charge in [-0.2, -0.15) is 0 Å². The summed E-state index contributed by atoms with van der Waals surface area (Å²) >= 11 is 0. The molecule has 2 fully saturated rings. The van der Waals surface area contributed by atoms with Crippen molar-refractivity contribution in [3.63, 3.8) is 0 Å². The van der Waals surface area contributed by atoms with E-state index in [4.69, 9.17) is 0 Å². The summed E-state index contributed by atoms with van der Waals surface area (Å²) in [5.41, 5.74) is 0.136. The molecule has 23 heavy (non-hydrogen) atoms. The Balaban J connectivity index is 1.76. The molecule has 1 atom stereocenters. The quantitative estimate of drug-likeness (QED) is 0.616. The van der Waals surface area contributed by atoms with Gasteiger partial charge in [0.1, 0.15) is 5.54 Å². The van der Waals surface area contributed by atoms with E-state index in [1.54, 1.807) is 31.2 Å². The first-order valence-corrected chi connectivity index (χ1v) is 7.75. The minimum absolute atomic E-state index is 0.00461. The Bertz CT molecular complexity index is 654. The number of urea groups is 1. The third kappa shape index (κ3) is 3.05. The third-order valence-corrected chi connectivity index (χ3v) is 4.46. The van der Waals surface area contributed by atoms with Crippen LogP contribution in [0, 0.1) is 5.92 Å². The zero-order valence-corrected chi connectivity index (χ0v) is 12.9. The number of imide groups is 1. The van der Waals surface area contributed by atoms with Gasteiger partial charge in [0, 0.05) is 11.6 Å². The van der Waals surface area contributed by atoms with Gasteiger partial charge in [0.15, 0.2) is 0 Å². The smallest absolute Gasteiger partial charge is 0.322 e. The van der Waals surface area contributed by atoms with Gasteiger partial charge in [-0.1, -0.05) is 12.1 Å². The molecule has 0 radical (unpaired) electrons. The molecular weight excluding hydrogens is 296 g/mol. The fourth-order valence-electron chi connectivity index (χ4n) is 2.98. The van der Waals surface area contributed by atoms with Crippen molar-refractivity contribution in [2.75, 3.05) is 18.4 Å². The highest BCUT2D eigenvalue weighted by atomic mass is 16.2. The first kappa shape index (κ1) is 15.5. The first-order chi connectivity index (χ1) is 11.0. The fourth-order valence-corrected chi connectivity index (χ4v) is 2.98. The SMILES string of the molecule is CC1(c2cccc(NC(=O)C3CCNCC3)c2)NC(=O)NC1=O. The van der Waals surface area contributed by atoms with E-state index < -0.39 is 17.5 Å². The second-order valence-corrected chi connectivity index (χ2v) is 6.13. The number of carbonyl (C=O) groups excluding carboxylic acids is 3. The first-order valence-electron chi connectivity index (χ1n) is 7.75. The van der Waals surface area contributed by atoms with Crippen LogP contribution < -0.4 is 21.3 Å². The lowest BCUT2D eigenvalue weighted by molar-refractivity contribution is -0.123. The Morgan fingerprint density at radius 2 is 2.00 bits per heavy atom. The molecule has 4 amide bonds. The summed E-state index contributed by atoms with van der Waals surface area (Å²) in [5, 5.41) is 11.0. The number of hydrogen-bond acceptors (Lipinski definition) is 4. The van der Waals surface area contributed by atoms with Crippen LogP contribution >= 0.6 is 0 Å². The van der Waals surface area contributed by atoms with E-state index >= 15 is 0 Å². The maximum atomic E-state index is 12.3. The van der Waals surface area contributed by atoms with Crippen molar-refractivity contribution < 1.29 is 14.4 Å². The van der Waals surface area contributed by atoms with E-state index in [1.807, 2.05) is 0 Å². The van der Waals surface area contributed by atoms with Gasteiger partial charge in [-0.3, -0.25) is 14.9 Å². The molecule has 122 valence electrons. The lowest BCUT2D eigenvalue weighted by atomic mass is 9.91. The number of carbonyl (C=O) groups is 3. The molecule has 0 spiro atoms. The molecule has 1 aromatic carbocycles. The minimum Gasteiger partial charge on any atom is -0.326 e. The maximum absolute atomic E-state index is 12.3. The number of benzene rings is 1. The van der Waals surface area contributed by atoms with Crippen LogP contribution in [-0.2, 0) is 15.1 Å². The van der Waals surface area contributed by atoms with Crippen LogP contribution in [0.15, 0.2) is 24.3 Å². The number of piperidine rings is 1. The van der Waals surface area contributed by atoms with Gasteiger partial charge in [-0.25, -0.2) is 4.79 Å². The van der Waals surface area contributed by atoms with Crippen LogP contribution in [0.2, 0.25) is 0 Å². The van der Waals surface area contributed by atoms with E-state index in [-0.39, 0.29) is 11.8 Å². The topological polar surface area (TPSA) is 99.3 Å². The van der Waals surface area contributed by atoms with Gasteiger partial charge in [0.2, 0.25) is 5.91 Å². The monoisotopic (exact) mass is 316 g/mol. The Hall–Kier alpha value is -2.41. The van der Waals surface area contributed by atoms with Gasteiger partial charge >= 0.3 is 6.03 Å². The second-order valence-electron chi connectivity index (χ2n) is 6.13. The van der Waals surface area contributed by atoms with Crippen LogP contribution in [0.25, 0.3) is 0 Å². The molecular formula is C16H20N4O3. The molecule has 7 heteroatoms. The Morgan fingerprint density at radius 1 is 1.26 bits per heavy atom. The largest absolute Gasteiger partial charge is 0.326 e. The molecule has 0 aromatic heterocycles. The van der Waals surface area contributed by atoms with Gasteiger partial charge in [-0.15, -0.1) is 0 Å². The Labute approximate surface area is 134 Å². The van der Waals surface area contributed by atoms with E-state index in [2.05, 4.69) is 21.3 Å². The van der Waals surface area contributed by atoms with E-state index in [0.29, 0.717) is 11.3 Å². The summed E-state index contributed by atoms with van der Waals surface area (Å²) in [5.74, 6) is -0.400. The summed E-state index contributed by atoms with van der Waals surface area (Å²) in [6.07, 6.45) is 1.64. The van der Waals surface area contributed by atoms with Crippen molar-refractivity contribution in [2.24, 2.45) is 5.92 Å². The van der Waals surface area contributed by atoms with Gasteiger partial charge < -0.3 is 16.0 Å². The van der Waals surface area contributed by atoms with E-state index in [0.717, 1.165) is 25.9 Å². The number of rotatable bonds is 3. The molecule has 7 nitrogen and oxygen atoms in total. The average Bonchev–Trinajstić information content (AvgIpc) is 2.82. The predicted molar refractivity (Wildman–Crippen MR) is 84.7 cm³/mol. The Kier molecular flexibility index (Phi) is 4.04. The molecule has 3 rings (SSSR count). The number of anilines is 1. The molecule has 0 bridgehead atoms. The number of nitrogens with one attached hydrogen (secondary N) is 4. The molecule has 1 aromatic rings. The highest BCUT2D eigenvalue weighted by molar-refractivity contribution is 6.07. The highest BCUT2D eigenvalue weighted by Gasteiger charge is 2.43. The molecule has 0 saturated carbocycles. The van der Waals surface area contributed by atoms with Crippen molar-refractivity contribution in [3.05, 3.63) is 29.8 Å². The number of hydrogen-bond donors (Lipinski definition) is 4. The van der Waals surface area contributed by atoms with E-state index in [1.165, 1.54) is 0 Å². The normalized spacial score (nSPS) is 24.9. The summed E-state index contributed by atoms with van der Waals surface area (Å²) < 4.78 is 0. The average molecular weight is 316 g/mol. The van der Waals surface area contributed by atoms with Crippen molar-refractivity contribution in [1.82, 2.24) is 16.0 Å². The van der Waals surface area contributed by atoms with Gasteiger partial charge in [0.25, 0.3) is 5.91 Å². The molecule has 4 N–H and O–H groups in total. The third-order valence-electron chi connectivity index (χ3n) is 4.46. The number of amides is 4. The van der Waals surface area contributed by atoms with Crippen molar-refractivity contribution in [1.29, 1.82) is 0 Å². The summed E-state index contributed by atoms with van der Waals surface area (Å²) in [6, 6.07) is 6.51. The molecule has 2 aliphatic rings. The van der Waals surface area contributed by atoms with Crippen molar-refractivity contribution >= 4 is 23.5 Å². The molecule has 2 saturated heterocycles. The van der Waals surface area contributed by atoms with E-state index in [9.17, 15) is 14.4 Å². The zero-order valence-electron chi connectivity index (χ0n) is 12.9. The fraction of sp³-hybridized carbons (Fsp3) is 0.438. The summed E-state index contributed by atoms with van der Waals surface area (Å²) in [4.78, 5) is 35.7. The lowest BCUT2D eigenvalue weighted by Crippen LogP contribution is -2.40. The van der Waals surface area contributed by atoms with Crippen molar-refractivity contribution in [3.8, 4) is 0 Å². The lowest BCUT2D eigenvalue weighted by Gasteiger charge is -2.23. The minimum atomic E-state index is -1.12. The summed E-state index contributed by atoms with van der Waals surface area (Å²) in [6.45, 7) is 3.34. The van der Waals surface area contributed by atoms with Crippen molar-refractivity contribution in [2.45, 2.75) is 25.3 Å². The van der Waals surface area contributed by atoms with Crippen LogP contribution in [0.1, 0.15) is 25.3 Å². The predicted octanol–water partition coefficient (Wildman–Crippen LogP) is 0.679. The maximum Gasteiger partial charge on any atom is 0.322 e. The standard InChI is InChI=1S/C16H20N4O3/c1-16(14(22)19-15(23)20-16)11-3-2-4-12(9-11)18-13(21)10-5-7-17-8-6-10/h2-4,9-10,17H,5-8H2,1H3,(H,18,21)(H2,19,20,22,23). The zero-order chi connectivity index (χ0) is 16.4. The molecule has 1 unspecified atom stereocenters. The van der Waals surface area contributed by atoms with Crippen LogP contribution in [0.4, 0.5) is 10.5 Å². The summed E-state index contributed by atoms with van der Waals surface area (Å²) in [7, 11) is 0. The molecule has 2 heterocycles. The van der Waals surface area contributed by atoms with Crippen LogP contribution in [0.5, 0.6) is 0 Å². The van der Waals surface area contributed by atoms with Crippen LogP contribution in [-0.4, -0.2) is 30.9 Å². The molecule has 2 aliphatic heterocycles. The van der Waals surface area contributed by atoms with Gasteiger partial charge in [-0.05, 0) is 50.6 Å². The molecule has 0 aliphatic carbocycles. The Morgan fingerprint density at radius 3 is 2.65 bits per heavy atom. The second kappa shape index (κ2) is 6.00. The van der Waals surface area contributed by atoms with Gasteiger partial charge in [0.05, 0.1) is 0 Å². The van der Waals surface area contributed by atoms with Crippen LogP contribution in [0.3, 0.4) is 0 Å². The highest BCUT2D eigenvalue weighted by Crippen LogP contribution is 2.27.